The van der Waals surface area contributed by atoms with Gasteiger partial charge in [-0.3, -0.25) is 4.79 Å². The van der Waals surface area contributed by atoms with Crippen LogP contribution in [0, 0.1) is 11.8 Å². The smallest absolute Gasteiger partial charge is 0.326 e. The van der Waals surface area contributed by atoms with E-state index in [4.69, 9.17) is 0 Å². The highest BCUT2D eigenvalue weighted by Crippen LogP contribution is 2.42. The molecule has 26 heavy (non-hydrogen) atoms. The maximum atomic E-state index is 12.9. The molecule has 1 saturated heterocycles. The number of carbonyl (C=O) groups is 2. The van der Waals surface area contributed by atoms with E-state index in [-0.39, 0.29) is 28.8 Å². The molecule has 2 aliphatic rings. The van der Waals surface area contributed by atoms with Crippen molar-refractivity contribution in [2.75, 3.05) is 13.1 Å². The molecule has 3 rings (SSSR count). The molecule has 3 unspecified atom stereocenters. The zero-order valence-electron chi connectivity index (χ0n) is 14.3. The molecule has 7 nitrogen and oxygen atoms in total. The van der Waals surface area contributed by atoms with Gasteiger partial charge in [0, 0.05) is 18.7 Å². The second-order valence-electron chi connectivity index (χ2n) is 6.76. The molecule has 2 N–H and O–H groups in total. The molecule has 1 aliphatic carbocycles. The zero-order chi connectivity index (χ0) is 18.9. The van der Waals surface area contributed by atoms with Crippen LogP contribution in [0.4, 0.5) is 0 Å². The number of carboxylic acids is 1. The van der Waals surface area contributed by atoms with Gasteiger partial charge in [-0.2, -0.15) is 0 Å². The first-order chi connectivity index (χ1) is 12.3. The van der Waals surface area contributed by atoms with Gasteiger partial charge in [-0.1, -0.05) is 18.6 Å². The number of carbonyl (C=O) groups excluding carboxylic acids is 1. The first-order valence-corrected chi connectivity index (χ1v) is 10.1. The normalized spacial score (nSPS) is 25.1. The summed E-state index contributed by atoms with van der Waals surface area (Å²) < 4.78 is 26.8. The van der Waals surface area contributed by atoms with Crippen molar-refractivity contribution in [3.8, 4) is 0 Å². The molecule has 8 heteroatoms. The Morgan fingerprint density at radius 3 is 2.81 bits per heavy atom. The highest BCUT2D eigenvalue weighted by Gasteiger charge is 2.49. The maximum absolute atomic E-state index is 12.9. The van der Waals surface area contributed by atoms with Gasteiger partial charge in [-0.25, -0.2) is 17.9 Å². The van der Waals surface area contributed by atoms with Crippen LogP contribution in [0.25, 0.3) is 0 Å². The fraction of sp³-hybridized carbons (Fsp3) is 0.444. The second-order valence-corrected chi connectivity index (χ2v) is 8.53. The molecule has 1 aromatic rings. The topological polar surface area (TPSA) is 104 Å². The van der Waals surface area contributed by atoms with Crippen molar-refractivity contribution < 1.29 is 23.1 Å². The summed E-state index contributed by atoms with van der Waals surface area (Å²) in [5.74, 6) is -1.24. The fourth-order valence-corrected chi connectivity index (χ4v) is 5.09. The molecule has 0 bridgehead atoms. The quantitative estimate of drug-likeness (QED) is 0.730. The van der Waals surface area contributed by atoms with E-state index >= 15 is 0 Å². The Labute approximate surface area is 152 Å². The minimum Gasteiger partial charge on any atom is -0.480 e. The summed E-state index contributed by atoms with van der Waals surface area (Å²) in [4.78, 5) is 26.0. The molecular weight excluding hydrogens is 356 g/mol. The van der Waals surface area contributed by atoms with Gasteiger partial charge < -0.3 is 10.0 Å². The highest BCUT2D eigenvalue weighted by atomic mass is 32.2. The molecule has 2 fully saturated rings. The Morgan fingerprint density at radius 1 is 1.35 bits per heavy atom. The number of nitrogens with one attached hydrogen (secondary N) is 1. The molecule has 1 saturated carbocycles. The predicted octanol–water partition coefficient (Wildman–Crippen LogP) is 1.48. The summed E-state index contributed by atoms with van der Waals surface area (Å²) in [5, 5.41) is 9.60. The zero-order valence-corrected chi connectivity index (χ0v) is 15.1. The Bertz CT molecular complexity index is 836. The molecule has 1 aliphatic heterocycles. The number of hydrogen-bond donors (Lipinski definition) is 2. The van der Waals surface area contributed by atoms with Crippen molar-refractivity contribution in [3.63, 3.8) is 0 Å². The molecule has 1 aromatic carbocycles. The standard InChI is InChI=1S/C18H22N2O5S/c1-2-9-19-26(24,25)14-7-3-5-12(10-14)17(21)20-11-13-6-4-8-15(13)16(20)18(22)23/h2-3,5,7,10,13,15-16,19H,1,4,6,8-9,11H2,(H,22,23). The summed E-state index contributed by atoms with van der Waals surface area (Å²) in [5.41, 5.74) is 0.178. The van der Waals surface area contributed by atoms with Crippen LogP contribution in [-0.2, 0) is 14.8 Å². The lowest BCUT2D eigenvalue weighted by Crippen LogP contribution is -2.43. The molecule has 3 atom stereocenters. The Kier molecular flexibility index (Phi) is 5.15. The van der Waals surface area contributed by atoms with Crippen LogP contribution in [0.2, 0.25) is 0 Å². The monoisotopic (exact) mass is 378 g/mol. The van der Waals surface area contributed by atoms with E-state index in [0.29, 0.717) is 6.54 Å². The van der Waals surface area contributed by atoms with Gasteiger partial charge in [-0.05, 0) is 42.9 Å². The number of nitrogens with zero attached hydrogens (tertiary/aromatic N) is 1. The fourth-order valence-electron chi connectivity index (χ4n) is 4.04. The number of amides is 1. The minimum absolute atomic E-state index is 0.0161. The van der Waals surface area contributed by atoms with Crippen molar-refractivity contribution in [1.29, 1.82) is 0 Å². The van der Waals surface area contributed by atoms with Crippen LogP contribution in [0.15, 0.2) is 41.8 Å². The molecule has 0 aromatic heterocycles. The van der Waals surface area contributed by atoms with Crippen LogP contribution in [0.3, 0.4) is 0 Å². The van der Waals surface area contributed by atoms with Crippen molar-refractivity contribution in [1.82, 2.24) is 9.62 Å². The molecule has 1 heterocycles. The Hall–Kier alpha value is -2.19. The summed E-state index contributed by atoms with van der Waals surface area (Å²) in [6.07, 6.45) is 4.15. The number of rotatable bonds is 6. The first kappa shape index (κ1) is 18.6. The van der Waals surface area contributed by atoms with Gasteiger partial charge in [0.05, 0.1) is 4.90 Å². The van der Waals surface area contributed by atoms with Gasteiger partial charge >= 0.3 is 5.97 Å². The minimum atomic E-state index is -3.76. The molecule has 1 amide bonds. The SMILES string of the molecule is C=CCNS(=O)(=O)c1cccc(C(=O)N2CC3CCCC3C2C(=O)O)c1. The van der Waals surface area contributed by atoms with Crippen LogP contribution >= 0.6 is 0 Å². The van der Waals surface area contributed by atoms with E-state index in [1.54, 1.807) is 0 Å². The molecule has 0 radical (unpaired) electrons. The van der Waals surface area contributed by atoms with Crippen molar-refractivity contribution >= 4 is 21.9 Å². The molecule has 0 spiro atoms. The summed E-state index contributed by atoms with van der Waals surface area (Å²) >= 11 is 0. The third kappa shape index (κ3) is 3.39. The second kappa shape index (κ2) is 7.20. The van der Waals surface area contributed by atoms with E-state index in [1.165, 1.54) is 35.2 Å². The number of fused-ring (bicyclic) bond motifs is 1. The number of aliphatic carboxylic acids is 1. The number of benzene rings is 1. The molecule has 140 valence electrons. The third-order valence-corrected chi connectivity index (χ3v) is 6.63. The Morgan fingerprint density at radius 2 is 2.12 bits per heavy atom. The van der Waals surface area contributed by atoms with Gasteiger partial charge in [0.1, 0.15) is 6.04 Å². The van der Waals surface area contributed by atoms with Gasteiger partial charge in [0.2, 0.25) is 10.0 Å². The van der Waals surface area contributed by atoms with Crippen molar-refractivity contribution in [2.24, 2.45) is 11.8 Å². The van der Waals surface area contributed by atoms with Crippen LogP contribution < -0.4 is 4.72 Å². The van der Waals surface area contributed by atoms with Crippen molar-refractivity contribution in [3.05, 3.63) is 42.5 Å². The lowest BCUT2D eigenvalue weighted by Gasteiger charge is -2.24. The van der Waals surface area contributed by atoms with Gasteiger partial charge in [0.15, 0.2) is 0 Å². The lowest BCUT2D eigenvalue weighted by atomic mass is 9.94. The van der Waals surface area contributed by atoms with Crippen LogP contribution in [0.5, 0.6) is 0 Å². The maximum Gasteiger partial charge on any atom is 0.326 e. The average Bonchev–Trinajstić information content (AvgIpc) is 3.20. The summed E-state index contributed by atoms with van der Waals surface area (Å²) in [7, 11) is -3.76. The van der Waals surface area contributed by atoms with Gasteiger partial charge in [0.25, 0.3) is 5.91 Å². The number of likely N-dealkylation sites (tertiary alicyclic amines) is 1. The van der Waals surface area contributed by atoms with E-state index < -0.39 is 27.9 Å². The number of hydrogen-bond acceptors (Lipinski definition) is 4. The van der Waals surface area contributed by atoms with E-state index in [0.717, 1.165) is 19.3 Å². The van der Waals surface area contributed by atoms with Crippen molar-refractivity contribution in [2.45, 2.75) is 30.2 Å². The highest BCUT2D eigenvalue weighted by molar-refractivity contribution is 7.89. The van der Waals surface area contributed by atoms with Crippen LogP contribution in [0.1, 0.15) is 29.6 Å². The molecular formula is C18H22N2O5S. The van der Waals surface area contributed by atoms with Gasteiger partial charge in [-0.15, -0.1) is 6.58 Å². The average molecular weight is 378 g/mol. The summed E-state index contributed by atoms with van der Waals surface area (Å²) in [6, 6.07) is 4.86. The lowest BCUT2D eigenvalue weighted by molar-refractivity contribution is -0.142. The third-order valence-electron chi connectivity index (χ3n) is 5.21. The number of sulfonamides is 1. The first-order valence-electron chi connectivity index (χ1n) is 8.59. The predicted molar refractivity (Wildman–Crippen MR) is 95.1 cm³/mol. The number of carboxylic acid groups (broad SMARTS) is 1. The van der Waals surface area contributed by atoms with Crippen LogP contribution in [-0.4, -0.2) is 49.4 Å². The Balaban J connectivity index is 1.87. The van der Waals surface area contributed by atoms with E-state index in [1.807, 2.05) is 0 Å². The van der Waals surface area contributed by atoms with E-state index in [9.17, 15) is 23.1 Å². The van der Waals surface area contributed by atoms with E-state index in [2.05, 4.69) is 11.3 Å². The summed E-state index contributed by atoms with van der Waals surface area (Å²) in [6.45, 7) is 3.95. The largest absolute Gasteiger partial charge is 0.480 e.